The maximum absolute atomic E-state index is 12.0. The van der Waals surface area contributed by atoms with Crippen LogP contribution in [0.15, 0.2) is 41.0 Å². The van der Waals surface area contributed by atoms with E-state index in [1.165, 1.54) is 0 Å². The van der Waals surface area contributed by atoms with Gasteiger partial charge in [-0.05, 0) is 29.8 Å². The number of furan rings is 1. The molecular weight excluding hydrogens is 361 g/mol. The van der Waals surface area contributed by atoms with Crippen molar-refractivity contribution < 1.29 is 9.21 Å². The molecular formula is C18H21Cl2N3O2. The molecule has 0 unspecified atom stereocenters. The lowest BCUT2D eigenvalue weighted by Crippen LogP contribution is -2.49. The van der Waals surface area contributed by atoms with E-state index in [0.717, 1.165) is 44.0 Å². The van der Waals surface area contributed by atoms with Crippen LogP contribution in [0.4, 0.5) is 0 Å². The fourth-order valence-electron chi connectivity index (χ4n) is 2.85. The quantitative estimate of drug-likeness (QED) is 0.835. The number of carbonyl (C=O) groups is 1. The SMILES string of the molecule is O=C(CN1CCN(Cc2ccc(Cl)cc2Cl)CC1)NCc1ccco1. The number of hydrogen-bond acceptors (Lipinski definition) is 4. The Labute approximate surface area is 157 Å². The molecule has 7 heteroatoms. The Kier molecular flexibility index (Phi) is 6.37. The summed E-state index contributed by atoms with van der Waals surface area (Å²) in [5.41, 5.74) is 1.08. The molecule has 1 N–H and O–H groups in total. The van der Waals surface area contributed by atoms with Gasteiger partial charge >= 0.3 is 0 Å². The molecule has 1 fully saturated rings. The topological polar surface area (TPSA) is 48.7 Å². The molecule has 1 aliphatic heterocycles. The lowest BCUT2D eigenvalue weighted by atomic mass is 10.2. The van der Waals surface area contributed by atoms with Gasteiger partial charge in [0.1, 0.15) is 5.76 Å². The van der Waals surface area contributed by atoms with Gasteiger partial charge in [0.2, 0.25) is 5.91 Å². The molecule has 0 saturated carbocycles. The van der Waals surface area contributed by atoms with Crippen LogP contribution in [-0.2, 0) is 17.9 Å². The minimum atomic E-state index is 0.0191. The maximum Gasteiger partial charge on any atom is 0.234 e. The van der Waals surface area contributed by atoms with Crippen molar-refractivity contribution in [3.05, 3.63) is 58.0 Å². The third-order valence-electron chi connectivity index (χ3n) is 4.28. The fraction of sp³-hybridized carbons (Fsp3) is 0.389. The summed E-state index contributed by atoms with van der Waals surface area (Å²) in [5, 5.41) is 4.23. The lowest BCUT2D eigenvalue weighted by Gasteiger charge is -2.34. The summed E-state index contributed by atoms with van der Waals surface area (Å²) in [6.07, 6.45) is 1.60. The second-order valence-electron chi connectivity index (χ2n) is 6.14. The number of carbonyl (C=O) groups excluding carboxylic acids is 1. The largest absolute Gasteiger partial charge is 0.467 e. The van der Waals surface area contributed by atoms with Crippen molar-refractivity contribution >= 4 is 29.1 Å². The molecule has 0 atom stereocenters. The molecule has 2 aromatic rings. The van der Waals surface area contributed by atoms with Crippen LogP contribution in [0.2, 0.25) is 10.0 Å². The van der Waals surface area contributed by atoms with Gasteiger partial charge in [0.05, 0.1) is 19.4 Å². The minimum Gasteiger partial charge on any atom is -0.467 e. The van der Waals surface area contributed by atoms with Crippen molar-refractivity contribution in [1.82, 2.24) is 15.1 Å². The Balaban J connectivity index is 1.40. The molecule has 5 nitrogen and oxygen atoms in total. The van der Waals surface area contributed by atoms with Crippen LogP contribution in [0.5, 0.6) is 0 Å². The van der Waals surface area contributed by atoms with Crippen LogP contribution in [0, 0.1) is 0 Å². The van der Waals surface area contributed by atoms with Crippen LogP contribution in [0.25, 0.3) is 0 Å². The average molecular weight is 382 g/mol. The van der Waals surface area contributed by atoms with E-state index in [2.05, 4.69) is 15.1 Å². The number of benzene rings is 1. The second kappa shape index (κ2) is 8.72. The van der Waals surface area contributed by atoms with Crippen molar-refractivity contribution in [3.8, 4) is 0 Å². The third-order valence-corrected chi connectivity index (χ3v) is 4.87. The highest BCUT2D eigenvalue weighted by atomic mass is 35.5. The zero-order chi connectivity index (χ0) is 17.6. The summed E-state index contributed by atoms with van der Waals surface area (Å²) in [6, 6.07) is 9.27. The Morgan fingerprint density at radius 3 is 2.56 bits per heavy atom. The van der Waals surface area contributed by atoms with Crippen LogP contribution < -0.4 is 5.32 Å². The van der Waals surface area contributed by atoms with E-state index in [1.807, 2.05) is 24.3 Å². The smallest absolute Gasteiger partial charge is 0.234 e. The summed E-state index contributed by atoms with van der Waals surface area (Å²) >= 11 is 12.2. The van der Waals surface area contributed by atoms with Gasteiger partial charge in [0.15, 0.2) is 0 Å². The van der Waals surface area contributed by atoms with Crippen LogP contribution in [-0.4, -0.2) is 48.4 Å². The summed E-state index contributed by atoms with van der Waals surface area (Å²) in [7, 11) is 0. The molecule has 0 radical (unpaired) electrons. The minimum absolute atomic E-state index is 0.0191. The maximum atomic E-state index is 12.0. The molecule has 2 heterocycles. The van der Waals surface area contributed by atoms with Crippen molar-refractivity contribution in [2.24, 2.45) is 0 Å². The number of amides is 1. The Bertz CT molecular complexity index is 698. The standard InChI is InChI=1S/C18H21Cl2N3O2/c19-15-4-3-14(17(20)10-15)12-22-5-7-23(8-6-22)13-18(24)21-11-16-2-1-9-25-16/h1-4,9-10H,5-8,11-13H2,(H,21,24). The highest BCUT2D eigenvalue weighted by Gasteiger charge is 2.19. The van der Waals surface area contributed by atoms with E-state index in [9.17, 15) is 4.79 Å². The number of rotatable bonds is 6. The number of halogens is 2. The summed E-state index contributed by atoms with van der Waals surface area (Å²) in [6.45, 7) is 5.18. The van der Waals surface area contributed by atoms with Gasteiger partial charge in [0, 0.05) is 42.8 Å². The van der Waals surface area contributed by atoms with Crippen molar-refractivity contribution in [3.63, 3.8) is 0 Å². The van der Waals surface area contributed by atoms with Crippen molar-refractivity contribution in [2.45, 2.75) is 13.1 Å². The van der Waals surface area contributed by atoms with Gasteiger partial charge < -0.3 is 9.73 Å². The predicted molar refractivity (Wildman–Crippen MR) is 98.7 cm³/mol. The van der Waals surface area contributed by atoms with E-state index in [0.29, 0.717) is 23.1 Å². The average Bonchev–Trinajstić information content (AvgIpc) is 3.11. The molecule has 1 aliphatic rings. The van der Waals surface area contributed by atoms with Gasteiger partial charge in [-0.2, -0.15) is 0 Å². The molecule has 1 aromatic carbocycles. The predicted octanol–water partition coefficient (Wildman–Crippen LogP) is 3.02. The molecule has 134 valence electrons. The molecule has 0 spiro atoms. The van der Waals surface area contributed by atoms with E-state index < -0.39 is 0 Å². The van der Waals surface area contributed by atoms with Crippen molar-refractivity contribution in [1.29, 1.82) is 0 Å². The lowest BCUT2D eigenvalue weighted by molar-refractivity contribution is -0.122. The molecule has 25 heavy (non-hydrogen) atoms. The first-order chi connectivity index (χ1) is 12.1. The number of piperazine rings is 1. The highest BCUT2D eigenvalue weighted by molar-refractivity contribution is 6.35. The molecule has 1 amide bonds. The highest BCUT2D eigenvalue weighted by Crippen LogP contribution is 2.22. The molecule has 0 bridgehead atoms. The zero-order valence-electron chi connectivity index (χ0n) is 13.9. The number of hydrogen-bond donors (Lipinski definition) is 1. The van der Waals surface area contributed by atoms with Gasteiger partial charge in [-0.15, -0.1) is 0 Å². The summed E-state index contributed by atoms with van der Waals surface area (Å²) in [4.78, 5) is 16.5. The normalized spacial score (nSPS) is 16.1. The monoisotopic (exact) mass is 381 g/mol. The number of nitrogens with one attached hydrogen (secondary N) is 1. The van der Waals surface area contributed by atoms with E-state index in [1.54, 1.807) is 12.3 Å². The van der Waals surface area contributed by atoms with Gasteiger partial charge in [-0.25, -0.2) is 0 Å². The van der Waals surface area contributed by atoms with Gasteiger partial charge in [-0.3, -0.25) is 14.6 Å². The van der Waals surface area contributed by atoms with Crippen LogP contribution in [0.1, 0.15) is 11.3 Å². The summed E-state index contributed by atoms with van der Waals surface area (Å²) in [5.74, 6) is 0.781. The van der Waals surface area contributed by atoms with Crippen LogP contribution >= 0.6 is 23.2 Å². The first-order valence-corrected chi connectivity index (χ1v) is 9.03. The Morgan fingerprint density at radius 1 is 1.12 bits per heavy atom. The van der Waals surface area contributed by atoms with Gasteiger partial charge in [0.25, 0.3) is 0 Å². The molecule has 1 aromatic heterocycles. The van der Waals surface area contributed by atoms with E-state index in [-0.39, 0.29) is 5.91 Å². The van der Waals surface area contributed by atoms with E-state index in [4.69, 9.17) is 27.6 Å². The van der Waals surface area contributed by atoms with E-state index >= 15 is 0 Å². The Morgan fingerprint density at radius 2 is 1.88 bits per heavy atom. The van der Waals surface area contributed by atoms with Crippen molar-refractivity contribution in [2.75, 3.05) is 32.7 Å². The van der Waals surface area contributed by atoms with Crippen LogP contribution in [0.3, 0.4) is 0 Å². The first kappa shape index (κ1) is 18.3. The Hall–Kier alpha value is -1.53. The second-order valence-corrected chi connectivity index (χ2v) is 6.99. The summed E-state index contributed by atoms with van der Waals surface area (Å²) < 4.78 is 5.21. The zero-order valence-corrected chi connectivity index (χ0v) is 15.4. The number of nitrogens with zero attached hydrogens (tertiary/aromatic N) is 2. The first-order valence-electron chi connectivity index (χ1n) is 8.28. The molecule has 3 rings (SSSR count). The van der Waals surface area contributed by atoms with Gasteiger partial charge in [-0.1, -0.05) is 29.3 Å². The molecule has 1 saturated heterocycles. The third kappa shape index (κ3) is 5.47. The fourth-order valence-corrected chi connectivity index (χ4v) is 3.32. The molecule has 0 aliphatic carbocycles.